The largest absolute Gasteiger partial charge is 0.497 e. The van der Waals surface area contributed by atoms with Crippen molar-refractivity contribution in [1.29, 1.82) is 0 Å². The van der Waals surface area contributed by atoms with Gasteiger partial charge in [0.05, 0.1) is 31.7 Å². The highest BCUT2D eigenvalue weighted by Crippen LogP contribution is 2.41. The van der Waals surface area contributed by atoms with Crippen molar-refractivity contribution in [2.75, 3.05) is 24.9 Å². The van der Waals surface area contributed by atoms with Gasteiger partial charge in [-0.05, 0) is 42.7 Å². The second-order valence-electron chi connectivity index (χ2n) is 6.54. The van der Waals surface area contributed by atoms with E-state index in [1.807, 2.05) is 24.3 Å². The summed E-state index contributed by atoms with van der Waals surface area (Å²) >= 11 is 0. The number of hydrogen-bond acceptors (Lipinski definition) is 4. The molecule has 2 aromatic rings. The van der Waals surface area contributed by atoms with Gasteiger partial charge in [0.15, 0.2) is 0 Å². The molecule has 2 atom stereocenters. The summed E-state index contributed by atoms with van der Waals surface area (Å²) in [4.78, 5) is 24.8. The number of rotatable bonds is 7. The SMILES string of the molecule is CCc1ccc(NC(=O)C2CC2C(=O)Nc2ccc(OC)cc2OC)cc1. The first kappa shape index (κ1) is 18.8. The molecule has 1 aliphatic carbocycles. The fourth-order valence-corrected chi connectivity index (χ4v) is 2.96. The summed E-state index contributed by atoms with van der Waals surface area (Å²) in [5.41, 5.74) is 2.52. The van der Waals surface area contributed by atoms with E-state index >= 15 is 0 Å². The Balaban J connectivity index is 1.57. The van der Waals surface area contributed by atoms with Gasteiger partial charge in [0.25, 0.3) is 0 Å². The van der Waals surface area contributed by atoms with Crippen LogP contribution in [-0.2, 0) is 16.0 Å². The lowest BCUT2D eigenvalue weighted by atomic mass is 10.1. The molecule has 27 heavy (non-hydrogen) atoms. The first-order valence-electron chi connectivity index (χ1n) is 8.98. The topological polar surface area (TPSA) is 76.7 Å². The van der Waals surface area contributed by atoms with Crippen LogP contribution in [0.1, 0.15) is 18.9 Å². The van der Waals surface area contributed by atoms with E-state index < -0.39 is 0 Å². The zero-order valence-electron chi connectivity index (χ0n) is 15.7. The summed E-state index contributed by atoms with van der Waals surface area (Å²) in [7, 11) is 3.10. The molecule has 1 fully saturated rings. The Kier molecular flexibility index (Phi) is 5.64. The normalized spacial score (nSPS) is 17.7. The van der Waals surface area contributed by atoms with Crippen LogP contribution in [-0.4, -0.2) is 26.0 Å². The zero-order chi connectivity index (χ0) is 19.4. The second kappa shape index (κ2) is 8.12. The minimum atomic E-state index is -0.327. The van der Waals surface area contributed by atoms with Crippen molar-refractivity contribution in [1.82, 2.24) is 0 Å². The molecule has 3 rings (SSSR count). The number of hydrogen-bond donors (Lipinski definition) is 2. The van der Waals surface area contributed by atoms with Gasteiger partial charge >= 0.3 is 0 Å². The maximum absolute atomic E-state index is 12.5. The van der Waals surface area contributed by atoms with Crippen LogP contribution in [0.2, 0.25) is 0 Å². The molecule has 142 valence electrons. The Hall–Kier alpha value is -3.02. The van der Waals surface area contributed by atoms with Crippen molar-refractivity contribution in [2.45, 2.75) is 19.8 Å². The molecule has 0 saturated heterocycles. The fraction of sp³-hybridized carbons (Fsp3) is 0.333. The smallest absolute Gasteiger partial charge is 0.228 e. The van der Waals surface area contributed by atoms with Gasteiger partial charge in [-0.1, -0.05) is 19.1 Å². The standard InChI is InChI=1S/C21H24N2O4/c1-4-13-5-7-14(8-6-13)22-20(24)16-12-17(16)21(25)23-18-10-9-15(26-2)11-19(18)27-3/h5-11,16-17H,4,12H2,1-3H3,(H,22,24)(H,23,25). The van der Waals surface area contributed by atoms with Crippen LogP contribution in [0, 0.1) is 11.8 Å². The van der Waals surface area contributed by atoms with Crippen LogP contribution in [0.15, 0.2) is 42.5 Å². The number of anilines is 2. The lowest BCUT2D eigenvalue weighted by molar-refractivity contribution is -0.122. The van der Waals surface area contributed by atoms with Crippen LogP contribution in [0.4, 0.5) is 11.4 Å². The Morgan fingerprint density at radius 2 is 1.63 bits per heavy atom. The third-order valence-electron chi connectivity index (χ3n) is 4.76. The van der Waals surface area contributed by atoms with E-state index in [0.29, 0.717) is 23.6 Å². The van der Waals surface area contributed by atoms with E-state index in [9.17, 15) is 9.59 Å². The van der Waals surface area contributed by atoms with Crippen molar-refractivity contribution in [3.63, 3.8) is 0 Å². The van der Waals surface area contributed by atoms with Gasteiger partial charge in [-0.15, -0.1) is 0 Å². The highest BCUT2D eigenvalue weighted by Gasteiger charge is 2.48. The van der Waals surface area contributed by atoms with Crippen molar-refractivity contribution >= 4 is 23.2 Å². The fourth-order valence-electron chi connectivity index (χ4n) is 2.96. The molecule has 0 aromatic heterocycles. The average molecular weight is 368 g/mol. The van der Waals surface area contributed by atoms with E-state index in [1.165, 1.54) is 12.7 Å². The Labute approximate surface area is 158 Å². The molecule has 6 heteroatoms. The highest BCUT2D eigenvalue weighted by atomic mass is 16.5. The van der Waals surface area contributed by atoms with Gasteiger partial charge in [-0.2, -0.15) is 0 Å². The second-order valence-corrected chi connectivity index (χ2v) is 6.54. The zero-order valence-corrected chi connectivity index (χ0v) is 15.7. The number of benzene rings is 2. The molecular weight excluding hydrogens is 344 g/mol. The van der Waals surface area contributed by atoms with Crippen LogP contribution in [0.5, 0.6) is 11.5 Å². The summed E-state index contributed by atoms with van der Waals surface area (Å²) in [5, 5.41) is 5.72. The third-order valence-corrected chi connectivity index (χ3v) is 4.76. The molecule has 2 amide bonds. The minimum Gasteiger partial charge on any atom is -0.497 e. The number of methoxy groups -OCH3 is 2. The van der Waals surface area contributed by atoms with Crippen LogP contribution in [0.3, 0.4) is 0 Å². The molecule has 1 saturated carbocycles. The minimum absolute atomic E-state index is 0.124. The maximum Gasteiger partial charge on any atom is 0.228 e. The number of aryl methyl sites for hydroxylation is 1. The lowest BCUT2D eigenvalue weighted by Crippen LogP contribution is -2.20. The van der Waals surface area contributed by atoms with E-state index in [4.69, 9.17) is 9.47 Å². The Bertz CT molecular complexity index is 833. The molecule has 0 radical (unpaired) electrons. The molecule has 6 nitrogen and oxygen atoms in total. The summed E-state index contributed by atoms with van der Waals surface area (Å²) in [6, 6.07) is 12.9. The quantitative estimate of drug-likeness (QED) is 0.784. The number of carbonyl (C=O) groups excluding carboxylic acids is 2. The summed E-state index contributed by atoms with van der Waals surface area (Å²) < 4.78 is 10.4. The summed E-state index contributed by atoms with van der Waals surface area (Å²) in [6.45, 7) is 2.08. The van der Waals surface area contributed by atoms with E-state index in [-0.39, 0.29) is 23.7 Å². The molecule has 0 aliphatic heterocycles. The third kappa shape index (κ3) is 4.39. The summed E-state index contributed by atoms with van der Waals surface area (Å²) in [6.07, 6.45) is 1.50. The number of nitrogens with one attached hydrogen (secondary N) is 2. The molecule has 2 N–H and O–H groups in total. The Morgan fingerprint density at radius 3 is 2.22 bits per heavy atom. The van der Waals surface area contributed by atoms with Crippen LogP contribution >= 0.6 is 0 Å². The van der Waals surface area contributed by atoms with Gasteiger partial charge in [0.1, 0.15) is 11.5 Å². The van der Waals surface area contributed by atoms with E-state index in [0.717, 1.165) is 12.1 Å². The van der Waals surface area contributed by atoms with Gasteiger partial charge < -0.3 is 20.1 Å². The Morgan fingerprint density at radius 1 is 0.963 bits per heavy atom. The van der Waals surface area contributed by atoms with Gasteiger partial charge in [0.2, 0.25) is 11.8 Å². The monoisotopic (exact) mass is 368 g/mol. The van der Waals surface area contributed by atoms with Crippen LogP contribution < -0.4 is 20.1 Å². The molecule has 2 aromatic carbocycles. The summed E-state index contributed by atoms with van der Waals surface area (Å²) in [5.74, 6) is 0.218. The predicted octanol–water partition coefficient (Wildman–Crippen LogP) is 3.48. The molecule has 0 spiro atoms. The van der Waals surface area contributed by atoms with Crippen molar-refractivity contribution in [3.05, 3.63) is 48.0 Å². The molecular formula is C21H24N2O4. The van der Waals surface area contributed by atoms with Crippen LogP contribution in [0.25, 0.3) is 0 Å². The molecule has 1 aliphatic rings. The van der Waals surface area contributed by atoms with Gasteiger partial charge in [-0.25, -0.2) is 0 Å². The van der Waals surface area contributed by atoms with Gasteiger partial charge in [0, 0.05) is 11.8 Å². The number of carbonyl (C=O) groups is 2. The first-order valence-corrected chi connectivity index (χ1v) is 8.98. The first-order chi connectivity index (χ1) is 13.0. The molecule has 0 bridgehead atoms. The van der Waals surface area contributed by atoms with Crippen molar-refractivity contribution in [2.24, 2.45) is 11.8 Å². The number of ether oxygens (including phenoxy) is 2. The predicted molar refractivity (Wildman–Crippen MR) is 104 cm³/mol. The maximum atomic E-state index is 12.5. The molecule has 2 unspecified atom stereocenters. The molecule has 0 heterocycles. The van der Waals surface area contributed by atoms with Gasteiger partial charge in [-0.3, -0.25) is 9.59 Å². The average Bonchev–Trinajstić information content (AvgIpc) is 3.50. The number of amides is 2. The van der Waals surface area contributed by atoms with Crippen molar-refractivity contribution in [3.8, 4) is 11.5 Å². The van der Waals surface area contributed by atoms with E-state index in [2.05, 4.69) is 17.6 Å². The highest BCUT2D eigenvalue weighted by molar-refractivity contribution is 6.03. The lowest BCUT2D eigenvalue weighted by Gasteiger charge is -2.11. The van der Waals surface area contributed by atoms with E-state index in [1.54, 1.807) is 25.3 Å². The van der Waals surface area contributed by atoms with Crippen molar-refractivity contribution < 1.29 is 19.1 Å².